The van der Waals surface area contributed by atoms with Gasteiger partial charge in [0.2, 0.25) is 5.91 Å². The largest absolute Gasteiger partial charge is 0.381 e. The Morgan fingerprint density at radius 3 is 2.56 bits per heavy atom. The number of carbonyl (C=O) groups excluding carboxylic acids is 2. The monoisotopic (exact) mass is 512 g/mol. The van der Waals surface area contributed by atoms with Crippen molar-refractivity contribution >= 4 is 33.3 Å². The summed E-state index contributed by atoms with van der Waals surface area (Å²) in [6, 6.07) is 7.91. The van der Waals surface area contributed by atoms with Crippen molar-refractivity contribution in [3.63, 3.8) is 0 Å². The number of benzene rings is 2. The van der Waals surface area contributed by atoms with Crippen LogP contribution in [-0.4, -0.2) is 63.4 Å². The van der Waals surface area contributed by atoms with Crippen molar-refractivity contribution in [3.05, 3.63) is 64.4 Å². The van der Waals surface area contributed by atoms with E-state index in [-0.39, 0.29) is 34.4 Å². The highest BCUT2D eigenvalue weighted by atomic mass is 35.5. The number of nitrogens with zero attached hydrogens (tertiary/aromatic N) is 1. The van der Waals surface area contributed by atoms with Crippen LogP contribution in [0.3, 0.4) is 0 Å². The van der Waals surface area contributed by atoms with E-state index in [2.05, 4.69) is 5.32 Å². The molecular weight excluding hydrogens is 490 g/mol. The Morgan fingerprint density at radius 1 is 1.21 bits per heavy atom. The third-order valence-corrected chi connectivity index (χ3v) is 7.48. The average Bonchev–Trinajstić information content (AvgIpc) is 3.14. The molecule has 0 bridgehead atoms. The Hall–Kier alpha value is -2.56. The molecule has 0 spiro atoms. The molecule has 182 valence electrons. The van der Waals surface area contributed by atoms with Crippen molar-refractivity contribution < 1.29 is 31.5 Å². The maximum Gasteiger partial charge on any atom is 0.254 e. The standard InChI is InChI=1S/C23H23ClF2N2O5S/c1-34(31,32)17-4-2-3-14(7-17)23(30)28-10-16(25)9-20(28)22(29)27-21(15-11-33-12-15)13-5-6-18(24)19(26)8-13/h2-8,15-16,20-21H,9-12H2,1H3,(H,27,29)/t16-,20+,21-/m0/s1. The number of ether oxygens (including phenoxy) is 1. The van der Waals surface area contributed by atoms with Crippen molar-refractivity contribution in [3.8, 4) is 0 Å². The highest BCUT2D eigenvalue weighted by molar-refractivity contribution is 7.90. The van der Waals surface area contributed by atoms with Crippen LogP contribution >= 0.6 is 11.6 Å². The van der Waals surface area contributed by atoms with Crippen LogP contribution < -0.4 is 5.32 Å². The smallest absolute Gasteiger partial charge is 0.254 e. The molecule has 2 heterocycles. The summed E-state index contributed by atoms with van der Waals surface area (Å²) in [5, 5.41) is 2.78. The second-order valence-electron chi connectivity index (χ2n) is 8.56. The number of likely N-dealkylation sites (tertiary alicyclic amines) is 1. The van der Waals surface area contributed by atoms with Crippen LogP contribution in [0.25, 0.3) is 0 Å². The van der Waals surface area contributed by atoms with E-state index in [1.165, 1.54) is 36.4 Å². The molecule has 2 aromatic carbocycles. The number of hydrogen-bond donors (Lipinski definition) is 1. The summed E-state index contributed by atoms with van der Waals surface area (Å²) >= 11 is 5.78. The number of halogens is 3. The minimum atomic E-state index is -3.56. The number of rotatable bonds is 6. The van der Waals surface area contributed by atoms with Gasteiger partial charge < -0.3 is 15.0 Å². The van der Waals surface area contributed by atoms with Crippen LogP contribution in [0.1, 0.15) is 28.4 Å². The molecule has 11 heteroatoms. The van der Waals surface area contributed by atoms with E-state index in [4.69, 9.17) is 16.3 Å². The van der Waals surface area contributed by atoms with Crippen LogP contribution in [0.2, 0.25) is 5.02 Å². The first-order chi connectivity index (χ1) is 16.0. The van der Waals surface area contributed by atoms with Gasteiger partial charge in [0, 0.05) is 24.2 Å². The summed E-state index contributed by atoms with van der Waals surface area (Å²) in [7, 11) is -3.56. The van der Waals surface area contributed by atoms with E-state index in [1.807, 2.05) is 0 Å². The van der Waals surface area contributed by atoms with Gasteiger partial charge >= 0.3 is 0 Å². The predicted molar refractivity (Wildman–Crippen MR) is 120 cm³/mol. The minimum absolute atomic E-state index is 0.0403. The van der Waals surface area contributed by atoms with Gasteiger partial charge in [-0.25, -0.2) is 17.2 Å². The lowest BCUT2D eigenvalue weighted by Gasteiger charge is -2.36. The molecule has 1 N–H and O–H groups in total. The normalized spacial score (nSPS) is 21.7. The molecule has 7 nitrogen and oxygen atoms in total. The molecule has 2 aliphatic rings. The average molecular weight is 513 g/mol. The molecule has 3 atom stereocenters. The van der Waals surface area contributed by atoms with Crippen LogP contribution in [0.15, 0.2) is 47.4 Å². The van der Waals surface area contributed by atoms with Crippen LogP contribution in [0.4, 0.5) is 8.78 Å². The lowest BCUT2D eigenvalue weighted by molar-refractivity contribution is -0.128. The molecule has 0 aliphatic carbocycles. The van der Waals surface area contributed by atoms with Crippen LogP contribution in [0, 0.1) is 11.7 Å². The van der Waals surface area contributed by atoms with Gasteiger partial charge in [-0.1, -0.05) is 23.7 Å². The fraction of sp³-hybridized carbons (Fsp3) is 0.391. The Labute approximate surface area is 200 Å². The van der Waals surface area contributed by atoms with E-state index < -0.39 is 45.7 Å². The van der Waals surface area contributed by atoms with Gasteiger partial charge in [-0.3, -0.25) is 9.59 Å². The lowest BCUT2D eigenvalue weighted by Crippen LogP contribution is -2.50. The third kappa shape index (κ3) is 5.08. The molecule has 2 aliphatic heterocycles. The van der Waals surface area contributed by atoms with Crippen molar-refractivity contribution in [2.45, 2.75) is 29.6 Å². The van der Waals surface area contributed by atoms with Crippen LogP contribution in [0.5, 0.6) is 0 Å². The fourth-order valence-corrected chi connectivity index (χ4v) is 4.94. The Bertz CT molecular complexity index is 1220. The zero-order valence-corrected chi connectivity index (χ0v) is 19.8. The second kappa shape index (κ2) is 9.59. The molecular formula is C23H23ClF2N2O5S. The molecule has 0 radical (unpaired) electrons. The van der Waals surface area contributed by atoms with Crippen molar-refractivity contribution in [1.82, 2.24) is 10.2 Å². The Kier molecular flexibility index (Phi) is 6.93. The molecule has 0 unspecified atom stereocenters. The zero-order valence-electron chi connectivity index (χ0n) is 18.2. The maximum absolute atomic E-state index is 14.4. The quantitative estimate of drug-likeness (QED) is 0.642. The van der Waals surface area contributed by atoms with Crippen molar-refractivity contribution in [2.75, 3.05) is 26.0 Å². The molecule has 2 saturated heterocycles. The van der Waals surface area contributed by atoms with E-state index in [0.717, 1.165) is 11.2 Å². The van der Waals surface area contributed by atoms with E-state index >= 15 is 0 Å². The van der Waals surface area contributed by atoms with Crippen molar-refractivity contribution in [1.29, 1.82) is 0 Å². The first-order valence-electron chi connectivity index (χ1n) is 10.6. The summed E-state index contributed by atoms with van der Waals surface area (Å²) in [6.45, 7) is 0.409. The highest BCUT2D eigenvalue weighted by Gasteiger charge is 2.42. The number of hydrogen-bond acceptors (Lipinski definition) is 5. The van der Waals surface area contributed by atoms with E-state index in [1.54, 1.807) is 6.07 Å². The molecule has 34 heavy (non-hydrogen) atoms. The SMILES string of the molecule is CS(=O)(=O)c1cccc(C(=O)N2C[C@@H](F)C[C@@H]2C(=O)N[C@@H](c2ccc(Cl)c(F)c2)C2COC2)c1. The Morgan fingerprint density at radius 2 is 1.94 bits per heavy atom. The topological polar surface area (TPSA) is 92.8 Å². The summed E-state index contributed by atoms with van der Waals surface area (Å²) in [5.74, 6) is -1.99. The zero-order chi connectivity index (χ0) is 24.6. The van der Waals surface area contributed by atoms with Gasteiger partial charge in [0.25, 0.3) is 5.91 Å². The number of carbonyl (C=O) groups is 2. The van der Waals surface area contributed by atoms with Crippen molar-refractivity contribution in [2.24, 2.45) is 5.92 Å². The molecule has 2 aromatic rings. The predicted octanol–water partition coefficient (Wildman–Crippen LogP) is 2.94. The molecule has 4 rings (SSSR count). The van der Waals surface area contributed by atoms with Gasteiger partial charge in [0.15, 0.2) is 9.84 Å². The first kappa shape index (κ1) is 24.6. The van der Waals surface area contributed by atoms with E-state index in [9.17, 15) is 26.8 Å². The number of nitrogens with one attached hydrogen (secondary N) is 1. The van der Waals surface area contributed by atoms with Gasteiger partial charge in [0.1, 0.15) is 18.0 Å². The van der Waals surface area contributed by atoms with Gasteiger partial charge in [-0.15, -0.1) is 0 Å². The molecule has 2 fully saturated rings. The summed E-state index contributed by atoms with van der Waals surface area (Å²) in [6.07, 6.45) is -0.604. The van der Waals surface area contributed by atoms with Gasteiger partial charge in [-0.2, -0.15) is 0 Å². The number of sulfone groups is 1. The maximum atomic E-state index is 14.4. The Balaban J connectivity index is 1.57. The summed E-state index contributed by atoms with van der Waals surface area (Å²) in [4.78, 5) is 27.4. The lowest BCUT2D eigenvalue weighted by atomic mass is 9.91. The summed E-state index contributed by atoms with van der Waals surface area (Å²) < 4.78 is 57.4. The fourth-order valence-electron chi connectivity index (χ4n) is 4.16. The van der Waals surface area contributed by atoms with Gasteiger partial charge in [0.05, 0.1) is 35.7 Å². The number of amides is 2. The van der Waals surface area contributed by atoms with Crippen LogP contribution in [-0.2, 0) is 19.4 Å². The minimum Gasteiger partial charge on any atom is -0.381 e. The first-order valence-corrected chi connectivity index (χ1v) is 12.9. The summed E-state index contributed by atoms with van der Waals surface area (Å²) in [5.41, 5.74) is 0.524. The molecule has 0 aromatic heterocycles. The molecule has 0 saturated carbocycles. The third-order valence-electron chi connectivity index (χ3n) is 6.06. The highest BCUT2D eigenvalue weighted by Crippen LogP contribution is 2.31. The molecule has 2 amide bonds. The van der Waals surface area contributed by atoms with E-state index in [0.29, 0.717) is 18.8 Å². The number of alkyl halides is 1. The second-order valence-corrected chi connectivity index (χ2v) is 11.0. The van der Waals surface area contributed by atoms with Gasteiger partial charge in [-0.05, 0) is 35.9 Å².